The van der Waals surface area contributed by atoms with Crippen molar-refractivity contribution in [2.75, 3.05) is 33.2 Å². The second kappa shape index (κ2) is 7.26. The summed E-state index contributed by atoms with van der Waals surface area (Å²) in [5.74, 6) is -0.314. The minimum atomic E-state index is -0.612. The minimum absolute atomic E-state index is 0.0296. The molecule has 0 saturated carbocycles. The van der Waals surface area contributed by atoms with Crippen molar-refractivity contribution in [3.05, 3.63) is 26.4 Å². The Morgan fingerprint density at radius 3 is 2.68 bits per heavy atom. The SMILES string of the molecule is CCCCn1c(O)c(/C=N/N2CC[NH+](C)CC2)c(=O)[nH]c1=O. The average Bonchev–Trinajstić information content (AvgIpc) is 2.48. The quantitative estimate of drug-likeness (QED) is 0.560. The third-order valence-corrected chi connectivity index (χ3v) is 3.89. The number of hydrazone groups is 1. The molecular formula is C14H24N5O3+. The maximum atomic E-state index is 11.9. The molecule has 1 aliphatic heterocycles. The Morgan fingerprint density at radius 1 is 1.36 bits per heavy atom. The topological polar surface area (TPSA) is 95.1 Å². The molecule has 3 N–H and O–H groups in total. The lowest BCUT2D eigenvalue weighted by Gasteiger charge is -2.27. The number of hydrogen-bond donors (Lipinski definition) is 3. The molecule has 1 saturated heterocycles. The van der Waals surface area contributed by atoms with Crippen LogP contribution in [0.4, 0.5) is 0 Å². The third-order valence-electron chi connectivity index (χ3n) is 3.89. The molecule has 0 spiro atoms. The van der Waals surface area contributed by atoms with E-state index in [1.54, 1.807) is 0 Å². The van der Waals surface area contributed by atoms with E-state index in [0.29, 0.717) is 6.54 Å². The fraction of sp³-hybridized carbons (Fsp3) is 0.643. The number of aromatic hydroxyl groups is 1. The maximum Gasteiger partial charge on any atom is 0.331 e. The summed E-state index contributed by atoms with van der Waals surface area (Å²) in [6, 6.07) is 0. The average molecular weight is 310 g/mol. The van der Waals surface area contributed by atoms with Crippen molar-refractivity contribution >= 4 is 6.21 Å². The van der Waals surface area contributed by atoms with Crippen molar-refractivity contribution in [1.29, 1.82) is 0 Å². The molecule has 1 aromatic rings. The van der Waals surface area contributed by atoms with E-state index in [4.69, 9.17) is 0 Å². The zero-order valence-electron chi connectivity index (χ0n) is 13.1. The summed E-state index contributed by atoms with van der Waals surface area (Å²) in [6.07, 6.45) is 2.98. The molecule has 22 heavy (non-hydrogen) atoms. The summed E-state index contributed by atoms with van der Waals surface area (Å²) in [6.45, 7) is 5.93. The number of H-pyrrole nitrogens is 1. The number of aromatic nitrogens is 2. The number of aromatic amines is 1. The van der Waals surface area contributed by atoms with Gasteiger partial charge in [0, 0.05) is 6.54 Å². The fourth-order valence-corrected chi connectivity index (χ4v) is 2.35. The van der Waals surface area contributed by atoms with Crippen molar-refractivity contribution in [2.24, 2.45) is 5.10 Å². The van der Waals surface area contributed by atoms with Gasteiger partial charge in [-0.25, -0.2) is 4.79 Å². The molecule has 2 rings (SSSR count). The van der Waals surface area contributed by atoms with Crippen LogP contribution in [0.5, 0.6) is 5.88 Å². The van der Waals surface area contributed by atoms with Crippen molar-refractivity contribution in [1.82, 2.24) is 14.6 Å². The van der Waals surface area contributed by atoms with Gasteiger partial charge < -0.3 is 10.0 Å². The van der Waals surface area contributed by atoms with Gasteiger partial charge in [-0.2, -0.15) is 5.10 Å². The first-order valence-electron chi connectivity index (χ1n) is 7.69. The molecule has 0 amide bonds. The smallest absolute Gasteiger partial charge is 0.331 e. The van der Waals surface area contributed by atoms with Crippen LogP contribution in [0.15, 0.2) is 14.7 Å². The number of rotatable bonds is 5. The Balaban J connectivity index is 2.23. The summed E-state index contributed by atoms with van der Waals surface area (Å²) in [4.78, 5) is 27.3. The Labute approximate surface area is 128 Å². The summed E-state index contributed by atoms with van der Waals surface area (Å²) in [5.41, 5.74) is -1.17. The van der Waals surface area contributed by atoms with Gasteiger partial charge >= 0.3 is 5.69 Å². The molecule has 2 heterocycles. The van der Waals surface area contributed by atoms with E-state index in [-0.39, 0.29) is 11.4 Å². The first-order valence-corrected chi connectivity index (χ1v) is 7.69. The summed E-state index contributed by atoms with van der Waals surface area (Å²) in [7, 11) is 2.13. The van der Waals surface area contributed by atoms with E-state index in [2.05, 4.69) is 17.1 Å². The van der Waals surface area contributed by atoms with Gasteiger partial charge in [0.15, 0.2) is 0 Å². The Bertz CT molecular complexity index is 641. The van der Waals surface area contributed by atoms with Crippen LogP contribution in [0.3, 0.4) is 0 Å². The van der Waals surface area contributed by atoms with Crippen LogP contribution in [0.2, 0.25) is 0 Å². The molecule has 0 unspecified atom stereocenters. The molecule has 0 bridgehead atoms. The van der Waals surface area contributed by atoms with Crippen LogP contribution < -0.4 is 16.1 Å². The van der Waals surface area contributed by atoms with Crippen LogP contribution >= 0.6 is 0 Å². The van der Waals surface area contributed by atoms with Gasteiger partial charge in [-0.1, -0.05) is 13.3 Å². The lowest BCUT2D eigenvalue weighted by atomic mass is 10.3. The number of piperazine rings is 1. The lowest BCUT2D eigenvalue weighted by Crippen LogP contribution is -3.11. The van der Waals surface area contributed by atoms with Gasteiger partial charge in [-0.05, 0) is 6.42 Å². The summed E-state index contributed by atoms with van der Waals surface area (Å²) >= 11 is 0. The second-order valence-electron chi connectivity index (χ2n) is 5.66. The molecule has 0 aromatic carbocycles. The van der Waals surface area contributed by atoms with E-state index in [9.17, 15) is 14.7 Å². The monoisotopic (exact) mass is 310 g/mol. The van der Waals surface area contributed by atoms with Crippen molar-refractivity contribution in [3.8, 4) is 5.88 Å². The summed E-state index contributed by atoms with van der Waals surface area (Å²) < 4.78 is 1.18. The van der Waals surface area contributed by atoms with Crippen LogP contribution in [-0.4, -0.2) is 59.1 Å². The van der Waals surface area contributed by atoms with Crippen LogP contribution in [0.1, 0.15) is 25.3 Å². The number of nitrogens with zero attached hydrogens (tertiary/aromatic N) is 3. The van der Waals surface area contributed by atoms with Gasteiger partial charge in [-0.3, -0.25) is 19.4 Å². The highest BCUT2D eigenvalue weighted by atomic mass is 16.3. The van der Waals surface area contributed by atoms with Gasteiger partial charge in [0.05, 0.1) is 39.4 Å². The minimum Gasteiger partial charge on any atom is -0.494 e. The first-order chi connectivity index (χ1) is 10.5. The lowest BCUT2D eigenvalue weighted by molar-refractivity contribution is -0.884. The first kappa shape index (κ1) is 16.3. The molecule has 0 atom stereocenters. The molecule has 1 fully saturated rings. The second-order valence-corrected chi connectivity index (χ2v) is 5.66. The van der Waals surface area contributed by atoms with Gasteiger partial charge in [0.25, 0.3) is 5.56 Å². The number of quaternary nitrogens is 1. The normalized spacial score (nSPS) is 16.5. The number of nitrogens with one attached hydrogen (secondary N) is 2. The van der Waals surface area contributed by atoms with E-state index in [1.807, 2.05) is 11.9 Å². The molecule has 0 aliphatic carbocycles. The largest absolute Gasteiger partial charge is 0.494 e. The third kappa shape index (κ3) is 3.76. The highest BCUT2D eigenvalue weighted by Gasteiger charge is 2.16. The van der Waals surface area contributed by atoms with Crippen LogP contribution in [0, 0.1) is 0 Å². The number of unbranched alkanes of at least 4 members (excludes halogenated alkanes) is 1. The Hall–Kier alpha value is -2.09. The van der Waals surface area contributed by atoms with Crippen molar-refractivity contribution in [3.63, 3.8) is 0 Å². The standard InChI is InChI=1S/C14H23N5O3/c1-3-4-5-19-13(21)11(12(20)16-14(19)22)10-15-18-8-6-17(2)7-9-18/h10,21H,3-9H2,1-2H3,(H,16,20,22)/p+1/b15-10+. The van der Waals surface area contributed by atoms with E-state index in [0.717, 1.165) is 39.0 Å². The highest BCUT2D eigenvalue weighted by Crippen LogP contribution is 2.09. The fourth-order valence-electron chi connectivity index (χ4n) is 2.35. The van der Waals surface area contributed by atoms with E-state index >= 15 is 0 Å². The molecule has 8 nitrogen and oxygen atoms in total. The van der Waals surface area contributed by atoms with Gasteiger partial charge in [0.1, 0.15) is 5.56 Å². The Morgan fingerprint density at radius 2 is 2.05 bits per heavy atom. The molecule has 1 aliphatic rings. The van der Waals surface area contributed by atoms with E-state index < -0.39 is 11.2 Å². The summed E-state index contributed by atoms with van der Waals surface area (Å²) in [5, 5.41) is 16.3. The maximum absolute atomic E-state index is 11.9. The molecular weight excluding hydrogens is 286 g/mol. The zero-order chi connectivity index (χ0) is 16.1. The van der Waals surface area contributed by atoms with Crippen molar-refractivity contribution in [2.45, 2.75) is 26.3 Å². The van der Waals surface area contributed by atoms with Crippen LogP contribution in [0.25, 0.3) is 0 Å². The zero-order valence-corrected chi connectivity index (χ0v) is 13.1. The Kier molecular flexibility index (Phi) is 5.37. The number of likely N-dealkylation sites (N-methyl/N-ethyl adjacent to an activating group) is 1. The predicted octanol–water partition coefficient (Wildman–Crippen LogP) is -1.79. The van der Waals surface area contributed by atoms with Crippen molar-refractivity contribution < 1.29 is 10.0 Å². The van der Waals surface area contributed by atoms with Gasteiger partial charge in [-0.15, -0.1) is 0 Å². The van der Waals surface area contributed by atoms with Gasteiger partial charge in [0.2, 0.25) is 5.88 Å². The molecule has 0 radical (unpaired) electrons. The predicted molar refractivity (Wildman–Crippen MR) is 83.7 cm³/mol. The van der Waals surface area contributed by atoms with Crippen LogP contribution in [-0.2, 0) is 6.54 Å². The molecule has 1 aromatic heterocycles. The van der Waals surface area contributed by atoms with E-state index in [1.165, 1.54) is 15.7 Å². The molecule has 8 heteroatoms. The molecule has 122 valence electrons. The highest BCUT2D eigenvalue weighted by molar-refractivity contribution is 5.81. The number of hydrogen-bond acceptors (Lipinski definition) is 5.